The van der Waals surface area contributed by atoms with E-state index in [1.165, 1.54) is 93.1 Å². The van der Waals surface area contributed by atoms with E-state index in [0.717, 1.165) is 22.7 Å². The van der Waals surface area contributed by atoms with Gasteiger partial charge in [-0.15, -0.1) is 0 Å². The summed E-state index contributed by atoms with van der Waals surface area (Å²) in [5.74, 6) is 0. The summed E-state index contributed by atoms with van der Waals surface area (Å²) in [5, 5.41) is 9.91. The van der Waals surface area contributed by atoms with E-state index >= 15 is 0 Å². The number of fused-ring (bicyclic) bond motifs is 9. The average Bonchev–Trinajstić information content (AvgIpc) is 3.89. The summed E-state index contributed by atoms with van der Waals surface area (Å²) in [4.78, 5) is 2.40. The summed E-state index contributed by atoms with van der Waals surface area (Å²) in [6.45, 7) is 0. The third-order valence-corrected chi connectivity index (χ3v) is 13.3. The first-order valence-corrected chi connectivity index (χ1v) is 22.3. The molecule has 2 heterocycles. The van der Waals surface area contributed by atoms with Crippen molar-refractivity contribution in [2.75, 3.05) is 4.90 Å². The third-order valence-electron chi connectivity index (χ3n) is 13.3. The van der Waals surface area contributed by atoms with Crippen LogP contribution in [-0.2, 0) is 0 Å². The lowest BCUT2D eigenvalue weighted by atomic mass is 9.98. The van der Waals surface area contributed by atoms with Gasteiger partial charge in [0.05, 0.1) is 27.8 Å². The molecule has 0 aliphatic carbocycles. The van der Waals surface area contributed by atoms with Crippen LogP contribution in [0.15, 0.2) is 249 Å². The molecule has 13 aromatic rings. The molecule has 65 heavy (non-hydrogen) atoms. The molecule has 3 nitrogen and oxygen atoms in total. The lowest BCUT2D eigenvalue weighted by Crippen LogP contribution is -2.10. The summed E-state index contributed by atoms with van der Waals surface area (Å²) in [6, 6.07) is 90.7. The zero-order chi connectivity index (χ0) is 42.8. The van der Waals surface area contributed by atoms with Crippen LogP contribution in [0.4, 0.5) is 17.1 Å². The Morgan fingerprint density at radius 1 is 0.246 bits per heavy atom. The highest BCUT2D eigenvalue weighted by Gasteiger charge is 2.19. The number of aromatic nitrogens is 2. The SMILES string of the molecule is c1ccc(N(c2ccc(-c3ccc4c(c3)c3cc(-c5ccc6c(c5)c5ccccc5n6-c5ccccc5)ccc3n4-c3ccccc3)cc2)c2cc3ccccc3c3ccccc23)cc1. The molecular weight excluding hydrogens is 787 g/mol. The van der Waals surface area contributed by atoms with Crippen LogP contribution in [0.1, 0.15) is 0 Å². The predicted octanol–water partition coefficient (Wildman–Crippen LogP) is 17.0. The summed E-state index contributed by atoms with van der Waals surface area (Å²) in [6.07, 6.45) is 0. The van der Waals surface area contributed by atoms with Gasteiger partial charge in [0.2, 0.25) is 0 Å². The van der Waals surface area contributed by atoms with Crippen LogP contribution in [0, 0.1) is 0 Å². The van der Waals surface area contributed by atoms with Crippen molar-refractivity contribution in [3.8, 4) is 33.6 Å². The zero-order valence-electron chi connectivity index (χ0n) is 35.5. The molecule has 0 unspecified atom stereocenters. The summed E-state index contributed by atoms with van der Waals surface area (Å²) >= 11 is 0. The second-order valence-corrected chi connectivity index (χ2v) is 16.9. The van der Waals surface area contributed by atoms with E-state index in [9.17, 15) is 0 Å². The Bertz CT molecular complexity index is 3920. The van der Waals surface area contributed by atoms with Crippen LogP contribution in [0.2, 0.25) is 0 Å². The molecule has 2 aromatic heterocycles. The Morgan fingerprint density at radius 3 is 1.23 bits per heavy atom. The van der Waals surface area contributed by atoms with Crippen LogP contribution in [0.25, 0.3) is 98.8 Å². The molecule has 304 valence electrons. The highest BCUT2D eigenvalue weighted by atomic mass is 15.1. The number of rotatable bonds is 7. The van der Waals surface area contributed by atoms with Gasteiger partial charge in [-0.1, -0.05) is 152 Å². The highest BCUT2D eigenvalue weighted by Crippen LogP contribution is 2.44. The van der Waals surface area contributed by atoms with Crippen LogP contribution in [0.3, 0.4) is 0 Å². The Kier molecular flexibility index (Phi) is 8.53. The van der Waals surface area contributed by atoms with Gasteiger partial charge in [-0.2, -0.15) is 0 Å². The fraction of sp³-hybridized carbons (Fsp3) is 0. The second kappa shape index (κ2) is 15.0. The van der Waals surface area contributed by atoms with Crippen LogP contribution in [-0.4, -0.2) is 9.13 Å². The van der Waals surface area contributed by atoms with E-state index < -0.39 is 0 Å². The lowest BCUT2D eigenvalue weighted by molar-refractivity contribution is 1.18. The van der Waals surface area contributed by atoms with Gasteiger partial charge >= 0.3 is 0 Å². The first kappa shape index (κ1) is 36.9. The molecule has 0 aliphatic heterocycles. The van der Waals surface area contributed by atoms with E-state index in [0.29, 0.717) is 0 Å². The summed E-state index contributed by atoms with van der Waals surface area (Å²) < 4.78 is 4.79. The highest BCUT2D eigenvalue weighted by molar-refractivity contribution is 6.15. The molecule has 0 saturated carbocycles. The average molecular weight is 828 g/mol. The maximum atomic E-state index is 2.41. The lowest BCUT2D eigenvalue weighted by Gasteiger charge is -2.27. The fourth-order valence-corrected chi connectivity index (χ4v) is 10.3. The standard InChI is InChI=1S/C62H41N3/c1-4-17-47(18-5-1)63(62-41-46-16-10-11-23-51(46)52-24-12-13-25-53(52)62)50-33-28-42(29-34-50)43-30-35-60-56(38-43)57-40-45(32-37-61(57)65(60)49-21-8-3-9-22-49)44-31-36-59-55(39-44)54-26-14-15-27-58(54)64(59)48-19-6-2-7-20-48/h1-41H. The van der Waals surface area contributed by atoms with E-state index in [1.807, 2.05) is 0 Å². The summed E-state index contributed by atoms with van der Waals surface area (Å²) in [5.41, 5.74) is 15.2. The van der Waals surface area contributed by atoms with Gasteiger partial charge in [0, 0.05) is 49.7 Å². The molecule has 0 N–H and O–H groups in total. The van der Waals surface area contributed by atoms with Crippen molar-refractivity contribution in [1.82, 2.24) is 9.13 Å². The largest absolute Gasteiger partial charge is 0.310 e. The molecule has 0 saturated heterocycles. The minimum Gasteiger partial charge on any atom is -0.310 e. The Hall–Kier alpha value is -8.66. The smallest absolute Gasteiger partial charge is 0.0546 e. The van der Waals surface area contributed by atoms with Gasteiger partial charge < -0.3 is 14.0 Å². The molecule has 0 bridgehead atoms. The quantitative estimate of drug-likeness (QED) is 0.146. The van der Waals surface area contributed by atoms with Crippen molar-refractivity contribution in [3.63, 3.8) is 0 Å². The molecule has 0 atom stereocenters. The maximum absolute atomic E-state index is 2.41. The third kappa shape index (κ3) is 6.05. The van der Waals surface area contributed by atoms with Crippen molar-refractivity contribution in [1.29, 1.82) is 0 Å². The Labute approximate surface area is 376 Å². The monoisotopic (exact) mass is 827 g/mol. The molecule has 0 aliphatic rings. The maximum Gasteiger partial charge on any atom is 0.0546 e. The molecule has 0 radical (unpaired) electrons. The number of benzene rings is 11. The van der Waals surface area contributed by atoms with Crippen molar-refractivity contribution < 1.29 is 0 Å². The van der Waals surface area contributed by atoms with E-state index in [1.54, 1.807) is 0 Å². The number of hydrogen-bond acceptors (Lipinski definition) is 1. The Morgan fingerprint density at radius 2 is 0.646 bits per heavy atom. The van der Waals surface area contributed by atoms with Crippen molar-refractivity contribution in [2.45, 2.75) is 0 Å². The predicted molar refractivity (Wildman–Crippen MR) is 276 cm³/mol. The van der Waals surface area contributed by atoms with Gasteiger partial charge in [-0.25, -0.2) is 0 Å². The summed E-state index contributed by atoms with van der Waals surface area (Å²) in [7, 11) is 0. The van der Waals surface area contributed by atoms with Crippen molar-refractivity contribution in [2.24, 2.45) is 0 Å². The number of anilines is 3. The van der Waals surface area contributed by atoms with E-state index in [4.69, 9.17) is 0 Å². The van der Waals surface area contributed by atoms with Gasteiger partial charge in [0.25, 0.3) is 0 Å². The second-order valence-electron chi connectivity index (χ2n) is 16.9. The number of nitrogens with zero attached hydrogens (tertiary/aromatic N) is 3. The first-order valence-electron chi connectivity index (χ1n) is 22.3. The minimum atomic E-state index is 1.11. The molecule has 3 heteroatoms. The first-order chi connectivity index (χ1) is 32.2. The molecule has 0 amide bonds. The van der Waals surface area contributed by atoms with Crippen LogP contribution >= 0.6 is 0 Å². The minimum absolute atomic E-state index is 1.11. The Balaban J connectivity index is 0.946. The molecule has 0 fully saturated rings. The molecule has 0 spiro atoms. The number of para-hydroxylation sites is 4. The molecular formula is C62H41N3. The normalized spacial score (nSPS) is 11.7. The van der Waals surface area contributed by atoms with Crippen molar-refractivity contribution in [3.05, 3.63) is 249 Å². The van der Waals surface area contributed by atoms with Crippen LogP contribution in [0.5, 0.6) is 0 Å². The zero-order valence-corrected chi connectivity index (χ0v) is 35.5. The van der Waals surface area contributed by atoms with Gasteiger partial charge in [-0.05, 0) is 135 Å². The van der Waals surface area contributed by atoms with Crippen LogP contribution < -0.4 is 4.90 Å². The van der Waals surface area contributed by atoms with E-state index in [2.05, 4.69) is 263 Å². The van der Waals surface area contributed by atoms with E-state index in [-0.39, 0.29) is 0 Å². The topological polar surface area (TPSA) is 13.1 Å². The fourth-order valence-electron chi connectivity index (χ4n) is 10.3. The van der Waals surface area contributed by atoms with Gasteiger partial charge in [-0.3, -0.25) is 0 Å². The molecule has 13 rings (SSSR count). The van der Waals surface area contributed by atoms with Gasteiger partial charge in [0.15, 0.2) is 0 Å². The molecule has 11 aromatic carbocycles. The number of hydrogen-bond donors (Lipinski definition) is 0. The van der Waals surface area contributed by atoms with Gasteiger partial charge in [0.1, 0.15) is 0 Å². The van der Waals surface area contributed by atoms with Crippen molar-refractivity contribution >= 4 is 82.2 Å².